The van der Waals surface area contributed by atoms with Gasteiger partial charge in [-0.1, -0.05) is 31.2 Å². The van der Waals surface area contributed by atoms with Crippen molar-refractivity contribution in [1.82, 2.24) is 10.2 Å². The van der Waals surface area contributed by atoms with Gasteiger partial charge < -0.3 is 10.1 Å². The van der Waals surface area contributed by atoms with Gasteiger partial charge >= 0.3 is 0 Å². The molecule has 1 aromatic rings. The SMILES string of the molecule is CCNC1c2ccccc2CC1N1CC(C)OCC1C. The van der Waals surface area contributed by atoms with Crippen LogP contribution in [0.15, 0.2) is 24.3 Å². The zero-order valence-electron chi connectivity index (χ0n) is 12.8. The molecule has 1 aromatic carbocycles. The first-order chi connectivity index (χ1) is 9.70. The molecule has 1 heterocycles. The van der Waals surface area contributed by atoms with Gasteiger partial charge in [-0.3, -0.25) is 4.90 Å². The predicted octanol–water partition coefficient (Wildman–Crippen LogP) is 2.37. The van der Waals surface area contributed by atoms with E-state index in [1.807, 2.05) is 0 Å². The Morgan fingerprint density at radius 2 is 2.10 bits per heavy atom. The van der Waals surface area contributed by atoms with Gasteiger partial charge in [-0.25, -0.2) is 0 Å². The van der Waals surface area contributed by atoms with Gasteiger partial charge in [-0.2, -0.15) is 0 Å². The van der Waals surface area contributed by atoms with Crippen LogP contribution in [0.25, 0.3) is 0 Å². The number of morpholine rings is 1. The molecule has 0 radical (unpaired) electrons. The highest BCUT2D eigenvalue weighted by Crippen LogP contribution is 2.36. The summed E-state index contributed by atoms with van der Waals surface area (Å²) >= 11 is 0. The van der Waals surface area contributed by atoms with Gasteiger partial charge in [-0.05, 0) is 37.9 Å². The topological polar surface area (TPSA) is 24.5 Å². The second-order valence-electron chi connectivity index (χ2n) is 6.20. The summed E-state index contributed by atoms with van der Waals surface area (Å²) < 4.78 is 5.79. The number of fused-ring (bicyclic) bond motifs is 1. The normalized spacial score (nSPS) is 34.1. The van der Waals surface area contributed by atoms with Gasteiger partial charge in [0.15, 0.2) is 0 Å². The van der Waals surface area contributed by atoms with Crippen molar-refractivity contribution in [2.75, 3.05) is 19.7 Å². The van der Waals surface area contributed by atoms with Crippen molar-refractivity contribution in [2.45, 2.75) is 51.4 Å². The summed E-state index contributed by atoms with van der Waals surface area (Å²) in [5, 5.41) is 3.70. The van der Waals surface area contributed by atoms with Crippen LogP contribution in [0.3, 0.4) is 0 Å². The average Bonchev–Trinajstić information content (AvgIpc) is 2.81. The van der Waals surface area contributed by atoms with Crippen LogP contribution in [-0.2, 0) is 11.2 Å². The first kappa shape index (κ1) is 14.1. The highest BCUT2D eigenvalue weighted by atomic mass is 16.5. The Morgan fingerprint density at radius 1 is 1.30 bits per heavy atom. The van der Waals surface area contributed by atoms with Crippen molar-refractivity contribution < 1.29 is 4.74 Å². The van der Waals surface area contributed by atoms with E-state index < -0.39 is 0 Å². The van der Waals surface area contributed by atoms with Crippen LogP contribution in [0.2, 0.25) is 0 Å². The molecule has 20 heavy (non-hydrogen) atoms. The Balaban J connectivity index is 1.86. The van der Waals surface area contributed by atoms with E-state index in [1.54, 1.807) is 0 Å². The van der Waals surface area contributed by atoms with Gasteiger partial charge in [0.05, 0.1) is 12.7 Å². The first-order valence-electron chi connectivity index (χ1n) is 7.89. The minimum Gasteiger partial charge on any atom is -0.376 e. The zero-order valence-corrected chi connectivity index (χ0v) is 12.8. The molecule has 4 atom stereocenters. The molecule has 0 bridgehead atoms. The van der Waals surface area contributed by atoms with E-state index in [0.29, 0.717) is 24.2 Å². The predicted molar refractivity (Wildman–Crippen MR) is 81.9 cm³/mol. The number of hydrogen-bond acceptors (Lipinski definition) is 3. The molecule has 0 amide bonds. The molecule has 1 aliphatic carbocycles. The van der Waals surface area contributed by atoms with E-state index in [0.717, 1.165) is 26.1 Å². The second kappa shape index (κ2) is 5.84. The number of nitrogens with zero attached hydrogens (tertiary/aromatic N) is 1. The van der Waals surface area contributed by atoms with Crippen LogP contribution in [0.5, 0.6) is 0 Å². The molecule has 0 spiro atoms. The lowest BCUT2D eigenvalue weighted by molar-refractivity contribution is -0.0696. The van der Waals surface area contributed by atoms with Gasteiger partial charge in [0.25, 0.3) is 0 Å². The summed E-state index contributed by atoms with van der Waals surface area (Å²) in [4.78, 5) is 2.65. The van der Waals surface area contributed by atoms with E-state index in [-0.39, 0.29) is 0 Å². The van der Waals surface area contributed by atoms with Crippen molar-refractivity contribution in [3.63, 3.8) is 0 Å². The van der Waals surface area contributed by atoms with Crippen LogP contribution in [0, 0.1) is 0 Å². The molecule has 4 unspecified atom stereocenters. The fourth-order valence-corrected chi connectivity index (χ4v) is 3.74. The van der Waals surface area contributed by atoms with E-state index in [2.05, 4.69) is 55.3 Å². The van der Waals surface area contributed by atoms with Crippen LogP contribution in [-0.4, -0.2) is 42.8 Å². The fourth-order valence-electron chi connectivity index (χ4n) is 3.74. The number of hydrogen-bond donors (Lipinski definition) is 1. The number of likely N-dealkylation sites (N-methyl/N-ethyl adjacent to an activating group) is 1. The Hall–Kier alpha value is -0.900. The molecule has 1 saturated heterocycles. The third-order valence-corrected chi connectivity index (χ3v) is 4.71. The van der Waals surface area contributed by atoms with Gasteiger partial charge in [-0.15, -0.1) is 0 Å². The van der Waals surface area contributed by atoms with Gasteiger partial charge in [0.1, 0.15) is 0 Å². The van der Waals surface area contributed by atoms with E-state index in [9.17, 15) is 0 Å². The lowest BCUT2D eigenvalue weighted by Crippen LogP contribution is -2.55. The van der Waals surface area contributed by atoms with Gasteiger partial charge in [0, 0.05) is 24.7 Å². The maximum Gasteiger partial charge on any atom is 0.0674 e. The minimum atomic E-state index is 0.345. The van der Waals surface area contributed by atoms with E-state index in [1.165, 1.54) is 11.1 Å². The summed E-state index contributed by atoms with van der Waals surface area (Å²) in [7, 11) is 0. The number of ether oxygens (including phenoxy) is 1. The third-order valence-electron chi connectivity index (χ3n) is 4.71. The third kappa shape index (κ3) is 2.50. The number of nitrogens with one attached hydrogen (secondary N) is 1. The smallest absolute Gasteiger partial charge is 0.0674 e. The fraction of sp³-hybridized carbons (Fsp3) is 0.647. The summed E-state index contributed by atoms with van der Waals surface area (Å²) in [5.74, 6) is 0. The zero-order chi connectivity index (χ0) is 14.1. The molecule has 0 aromatic heterocycles. The van der Waals surface area contributed by atoms with Crippen molar-refractivity contribution in [3.8, 4) is 0 Å². The van der Waals surface area contributed by atoms with Crippen LogP contribution in [0.1, 0.15) is 37.9 Å². The molecule has 3 rings (SSSR count). The number of benzene rings is 1. The molecule has 110 valence electrons. The molecule has 3 heteroatoms. The highest BCUT2D eigenvalue weighted by molar-refractivity contribution is 5.37. The maximum absolute atomic E-state index is 5.79. The summed E-state index contributed by atoms with van der Waals surface area (Å²) in [6.45, 7) is 9.59. The Morgan fingerprint density at radius 3 is 2.90 bits per heavy atom. The van der Waals surface area contributed by atoms with Crippen LogP contribution < -0.4 is 5.32 Å². The molecule has 1 N–H and O–H groups in total. The molecule has 1 aliphatic heterocycles. The molecular weight excluding hydrogens is 248 g/mol. The molecule has 1 fully saturated rings. The summed E-state index contributed by atoms with van der Waals surface area (Å²) in [5.41, 5.74) is 3.00. The first-order valence-corrected chi connectivity index (χ1v) is 7.89. The maximum atomic E-state index is 5.79. The molecule has 2 aliphatic rings. The van der Waals surface area contributed by atoms with E-state index >= 15 is 0 Å². The molecular formula is C17H26N2O. The highest BCUT2D eigenvalue weighted by Gasteiger charge is 2.39. The molecule has 3 nitrogen and oxygen atoms in total. The van der Waals surface area contributed by atoms with Gasteiger partial charge in [0.2, 0.25) is 0 Å². The lowest BCUT2D eigenvalue weighted by atomic mass is 10.0. The van der Waals surface area contributed by atoms with Crippen molar-refractivity contribution in [2.24, 2.45) is 0 Å². The Bertz CT molecular complexity index is 462. The standard InChI is InChI=1S/C17H26N2O/c1-4-18-17-15-8-6-5-7-14(15)9-16(17)19-10-13(3)20-11-12(19)2/h5-8,12-13,16-18H,4,9-11H2,1-3H3. The summed E-state index contributed by atoms with van der Waals surface area (Å²) in [6.07, 6.45) is 1.50. The van der Waals surface area contributed by atoms with Crippen LogP contribution in [0.4, 0.5) is 0 Å². The Labute approximate surface area is 122 Å². The van der Waals surface area contributed by atoms with Crippen LogP contribution >= 0.6 is 0 Å². The largest absolute Gasteiger partial charge is 0.376 e. The Kier molecular flexibility index (Phi) is 4.11. The monoisotopic (exact) mass is 274 g/mol. The summed E-state index contributed by atoms with van der Waals surface area (Å²) in [6, 6.07) is 10.4. The molecule has 0 saturated carbocycles. The quantitative estimate of drug-likeness (QED) is 0.916. The van der Waals surface area contributed by atoms with Crippen molar-refractivity contribution in [1.29, 1.82) is 0 Å². The lowest BCUT2D eigenvalue weighted by Gasteiger charge is -2.43. The number of rotatable bonds is 3. The average molecular weight is 274 g/mol. The van der Waals surface area contributed by atoms with Crippen molar-refractivity contribution in [3.05, 3.63) is 35.4 Å². The second-order valence-corrected chi connectivity index (χ2v) is 6.20. The van der Waals surface area contributed by atoms with E-state index in [4.69, 9.17) is 4.74 Å². The minimum absolute atomic E-state index is 0.345. The van der Waals surface area contributed by atoms with Crippen molar-refractivity contribution >= 4 is 0 Å².